The predicted octanol–water partition coefficient (Wildman–Crippen LogP) is 12.0. The summed E-state index contributed by atoms with van der Waals surface area (Å²) in [7, 11) is 6.70. The second-order valence-corrected chi connectivity index (χ2v) is 21.2. The molecule has 1 aliphatic heterocycles. The molecule has 0 bridgehead atoms. The Morgan fingerprint density at radius 1 is 0.605 bits per heavy atom. The van der Waals surface area contributed by atoms with Crippen molar-refractivity contribution >= 4 is 69.1 Å². The number of ether oxygens (including phenoxy) is 4. The van der Waals surface area contributed by atoms with Crippen LogP contribution in [-0.4, -0.2) is 85.2 Å². The van der Waals surface area contributed by atoms with Crippen LogP contribution in [-0.2, 0) is 38.6 Å². The van der Waals surface area contributed by atoms with E-state index in [0.29, 0.717) is 39.7 Å². The second kappa shape index (κ2) is 28.0. The molecule has 10 rings (SSSR count). The molecule has 6 N–H and O–H groups in total. The number of fused-ring (bicyclic) bond motifs is 2. The number of nitrogens with two attached hydrogens (primary N) is 1. The van der Waals surface area contributed by atoms with E-state index in [9.17, 15) is 19.2 Å². The molecule has 420 valence electrons. The summed E-state index contributed by atoms with van der Waals surface area (Å²) in [5.41, 5.74) is 19.4. The fourth-order valence-electron chi connectivity index (χ4n) is 9.55. The molecule has 0 fully saturated rings. The number of carboxylic acids is 1. The number of thiophene rings is 2. The average Bonchev–Trinajstić information content (AvgIpc) is 4.17. The van der Waals surface area contributed by atoms with Gasteiger partial charge in [0.25, 0.3) is 17.7 Å². The molecule has 8 aromatic rings. The van der Waals surface area contributed by atoms with Gasteiger partial charge in [-0.2, -0.15) is 0 Å². The summed E-state index contributed by atoms with van der Waals surface area (Å²) in [6.07, 6.45) is 10.3. The number of hydrogen-bond acceptors (Lipinski definition) is 14. The standard InChI is InChI=1S/C31H32N4O4S.C25H28N2O3S.C7H7NO2/c1-20-4-7-23(16-32-20)30(36)34-27-19-40-18-26(27)31(37)33-25-8-5-21(6-9-25)10-12-35-13-11-22-14-28(38-2)29(39-3)15-24(22)17-35;1-29-23-12-18-8-5-17(11-19(18)13-24(23)30-2)4-3-16-6-9-20(10-7-16)27-25(28)21-14-31-15-22(21)26;1-5-2-3-6(4-8-5)7(9)10/h4-9,14-16,18-19H,10-13,17H2,1-3H3,(H,33,37)(H,34,36);6-7,9-10,12-15,17H,3-5,8,11,26H2,1-2H3,(H,27,28);2-4H,1H3,(H,9,10). The van der Waals surface area contributed by atoms with Crippen molar-refractivity contribution < 1.29 is 43.2 Å². The molecule has 18 heteroatoms. The number of benzene rings is 4. The number of carbonyl (C=O) groups excluding carboxylic acids is 3. The van der Waals surface area contributed by atoms with E-state index in [1.165, 1.54) is 80.9 Å². The largest absolute Gasteiger partial charge is 0.493 e. The van der Waals surface area contributed by atoms with Crippen molar-refractivity contribution in [3.8, 4) is 23.0 Å². The van der Waals surface area contributed by atoms with E-state index < -0.39 is 5.97 Å². The van der Waals surface area contributed by atoms with E-state index in [1.807, 2.05) is 50.2 Å². The van der Waals surface area contributed by atoms with Crippen LogP contribution in [0.4, 0.5) is 22.7 Å². The number of aromatic carboxylic acids is 1. The zero-order valence-electron chi connectivity index (χ0n) is 46.3. The van der Waals surface area contributed by atoms with Gasteiger partial charge in [0.2, 0.25) is 0 Å². The average molecular weight is 1130 g/mol. The molecule has 2 aliphatic rings. The molecule has 81 heavy (non-hydrogen) atoms. The fraction of sp³-hybridized carbons (Fsp3) is 0.270. The molecule has 1 atom stereocenters. The maximum Gasteiger partial charge on any atom is 0.337 e. The monoisotopic (exact) mass is 1130 g/mol. The summed E-state index contributed by atoms with van der Waals surface area (Å²) in [6, 6.07) is 31.2. The molecule has 16 nitrogen and oxygen atoms in total. The first-order valence-electron chi connectivity index (χ1n) is 26.5. The number of rotatable bonds is 17. The highest BCUT2D eigenvalue weighted by molar-refractivity contribution is 7.09. The van der Waals surface area contributed by atoms with Crippen molar-refractivity contribution in [1.29, 1.82) is 0 Å². The number of carbonyl (C=O) groups is 4. The Morgan fingerprint density at radius 2 is 1.12 bits per heavy atom. The zero-order chi connectivity index (χ0) is 57.4. The van der Waals surface area contributed by atoms with Crippen LogP contribution in [0.2, 0.25) is 0 Å². The third-order valence-corrected chi connectivity index (χ3v) is 15.7. The van der Waals surface area contributed by atoms with Crippen molar-refractivity contribution in [3.63, 3.8) is 0 Å². The minimum atomic E-state index is -0.937. The molecule has 4 aromatic heterocycles. The topological polar surface area (TPSA) is 217 Å². The van der Waals surface area contributed by atoms with E-state index in [4.69, 9.17) is 29.8 Å². The van der Waals surface area contributed by atoms with Gasteiger partial charge in [-0.05, 0) is 171 Å². The fourth-order valence-corrected chi connectivity index (χ4v) is 11.0. The van der Waals surface area contributed by atoms with Gasteiger partial charge in [0.05, 0.1) is 62.1 Å². The number of amides is 3. The molecular formula is C63H67N7O9S2. The van der Waals surface area contributed by atoms with Crippen LogP contribution in [0, 0.1) is 19.8 Å². The number of anilines is 4. The third kappa shape index (κ3) is 15.8. The van der Waals surface area contributed by atoms with Crippen LogP contribution in [0.5, 0.6) is 23.0 Å². The number of nitrogens with one attached hydrogen (secondary N) is 3. The van der Waals surface area contributed by atoms with Crippen LogP contribution < -0.4 is 40.6 Å². The SMILES string of the molecule is COc1cc2c(cc1OC)CC(CCc1ccc(NC(=O)c3cscc3N)cc1)CC2.COc1cc2c(cc1OC)CN(CCc1ccc(NC(=O)c3cscc3NC(=O)c3ccc(C)nc3)cc1)CC2.Cc1ccc(C(=O)O)cn1. The molecule has 1 aliphatic carbocycles. The zero-order valence-corrected chi connectivity index (χ0v) is 47.9. The molecule has 4 aromatic carbocycles. The van der Waals surface area contributed by atoms with E-state index >= 15 is 0 Å². The number of methoxy groups -OCH3 is 4. The summed E-state index contributed by atoms with van der Waals surface area (Å²) in [5, 5.41) is 24.1. The minimum absolute atomic E-state index is 0.167. The summed E-state index contributed by atoms with van der Waals surface area (Å²) in [5.74, 6) is 2.14. The molecule has 5 heterocycles. The molecule has 0 saturated carbocycles. The van der Waals surface area contributed by atoms with Gasteiger partial charge >= 0.3 is 5.97 Å². The Kier molecular flexibility index (Phi) is 20.3. The summed E-state index contributed by atoms with van der Waals surface area (Å²) in [6.45, 7) is 6.49. The lowest BCUT2D eigenvalue weighted by Gasteiger charge is -2.29. The Labute approximate surface area is 480 Å². The third-order valence-electron chi connectivity index (χ3n) is 14.2. The number of pyridine rings is 2. The van der Waals surface area contributed by atoms with Gasteiger partial charge < -0.3 is 45.7 Å². The lowest BCUT2D eigenvalue weighted by atomic mass is 9.81. The maximum absolute atomic E-state index is 13.0. The summed E-state index contributed by atoms with van der Waals surface area (Å²) < 4.78 is 21.8. The Hall–Kier alpha value is -8.58. The van der Waals surface area contributed by atoms with Crippen molar-refractivity contribution in [2.75, 3.05) is 63.2 Å². The predicted molar refractivity (Wildman–Crippen MR) is 320 cm³/mol. The number of aryl methyl sites for hydroxylation is 4. The van der Waals surface area contributed by atoms with Crippen molar-refractivity contribution in [1.82, 2.24) is 14.9 Å². The Balaban J connectivity index is 0.000000185. The van der Waals surface area contributed by atoms with Crippen molar-refractivity contribution in [2.45, 2.75) is 65.3 Å². The van der Waals surface area contributed by atoms with Gasteiger partial charge in [-0.25, -0.2) is 4.79 Å². The quantitative estimate of drug-likeness (QED) is 0.0574. The number of hydrogen-bond donors (Lipinski definition) is 5. The highest BCUT2D eigenvalue weighted by Crippen LogP contribution is 2.37. The molecule has 0 spiro atoms. The van der Waals surface area contributed by atoms with Gasteiger partial charge in [-0.15, -0.1) is 22.7 Å². The highest BCUT2D eigenvalue weighted by Gasteiger charge is 2.23. The second-order valence-electron chi connectivity index (χ2n) is 19.8. The van der Waals surface area contributed by atoms with E-state index in [-0.39, 0.29) is 23.3 Å². The molecule has 0 saturated heterocycles. The number of nitrogen functional groups attached to an aromatic ring is 1. The van der Waals surface area contributed by atoms with E-state index in [0.717, 1.165) is 98.2 Å². The van der Waals surface area contributed by atoms with Gasteiger partial charge in [0, 0.05) is 76.3 Å². The Morgan fingerprint density at radius 3 is 1.67 bits per heavy atom. The molecule has 0 radical (unpaired) electrons. The normalized spacial score (nSPS) is 13.3. The van der Waals surface area contributed by atoms with Crippen molar-refractivity contribution in [3.05, 3.63) is 198 Å². The first-order chi connectivity index (χ1) is 39.2. The summed E-state index contributed by atoms with van der Waals surface area (Å²) >= 11 is 2.79. The van der Waals surface area contributed by atoms with Crippen molar-refractivity contribution in [2.24, 2.45) is 5.92 Å². The van der Waals surface area contributed by atoms with Gasteiger partial charge in [0.15, 0.2) is 23.0 Å². The Bertz CT molecular complexity index is 3440. The maximum atomic E-state index is 13.0. The van der Waals surface area contributed by atoms with Crippen LogP contribution >= 0.6 is 22.7 Å². The van der Waals surface area contributed by atoms with Gasteiger partial charge in [-0.1, -0.05) is 24.3 Å². The van der Waals surface area contributed by atoms with E-state index in [1.54, 1.807) is 68.2 Å². The lowest BCUT2D eigenvalue weighted by molar-refractivity contribution is 0.0695. The number of carboxylic acid groups (broad SMARTS) is 1. The minimum Gasteiger partial charge on any atom is -0.493 e. The van der Waals surface area contributed by atoms with Gasteiger partial charge in [-0.3, -0.25) is 29.3 Å². The smallest absolute Gasteiger partial charge is 0.337 e. The molecular weight excluding hydrogens is 1060 g/mol. The first-order valence-corrected chi connectivity index (χ1v) is 28.4. The van der Waals surface area contributed by atoms with Crippen LogP contribution in [0.3, 0.4) is 0 Å². The number of aromatic nitrogens is 2. The lowest BCUT2D eigenvalue weighted by Crippen LogP contribution is -2.32. The summed E-state index contributed by atoms with van der Waals surface area (Å²) in [4.78, 5) is 58.6. The number of nitrogens with zero attached hydrogens (tertiary/aromatic N) is 3. The van der Waals surface area contributed by atoms with Crippen LogP contribution in [0.25, 0.3) is 0 Å². The highest BCUT2D eigenvalue weighted by atomic mass is 32.1. The van der Waals surface area contributed by atoms with Crippen LogP contribution in [0.15, 0.2) is 131 Å². The molecule has 1 unspecified atom stereocenters. The van der Waals surface area contributed by atoms with E-state index in [2.05, 4.69) is 67.2 Å². The first kappa shape index (κ1) is 58.6. The van der Waals surface area contributed by atoms with Crippen LogP contribution in [0.1, 0.15) is 99.0 Å². The molecule has 3 amide bonds. The van der Waals surface area contributed by atoms with Gasteiger partial charge in [0.1, 0.15) is 0 Å².